The predicted octanol–water partition coefficient (Wildman–Crippen LogP) is 4.07. The van der Waals surface area contributed by atoms with Gasteiger partial charge in [-0.1, -0.05) is 23.7 Å². The average Bonchev–Trinajstić information content (AvgIpc) is 3.38. The zero-order chi connectivity index (χ0) is 26.6. The monoisotopic (exact) mass is 537 g/mol. The summed E-state index contributed by atoms with van der Waals surface area (Å²) in [5.41, 5.74) is 7.90. The first-order valence-corrected chi connectivity index (χ1v) is 12.5. The topological polar surface area (TPSA) is 128 Å². The Morgan fingerprint density at radius 1 is 1.18 bits per heavy atom. The summed E-state index contributed by atoms with van der Waals surface area (Å²) in [6.45, 7) is 0.594. The Hall–Kier alpha value is -4.09. The van der Waals surface area contributed by atoms with Gasteiger partial charge >= 0.3 is 11.8 Å². The smallest absolute Gasteiger partial charge is 0.314 e. The molecule has 0 bridgehead atoms. The van der Waals surface area contributed by atoms with Crippen molar-refractivity contribution in [1.29, 1.82) is 0 Å². The molecule has 3 aromatic heterocycles. The Morgan fingerprint density at radius 3 is 2.79 bits per heavy atom. The quantitative estimate of drug-likeness (QED) is 0.355. The third-order valence-corrected chi connectivity index (χ3v) is 6.62. The fourth-order valence-electron chi connectivity index (χ4n) is 4.37. The molecule has 4 aromatic rings. The molecular weight excluding hydrogens is 513 g/mol. The summed E-state index contributed by atoms with van der Waals surface area (Å²) in [4.78, 5) is 36.4. The Bertz CT molecular complexity index is 1470. The molecule has 1 atom stereocenters. The largest absolute Gasteiger partial charge is 0.383 e. The Labute approximate surface area is 222 Å². The average molecular weight is 538 g/mol. The molecule has 196 valence electrons. The second-order valence-corrected chi connectivity index (χ2v) is 9.31. The van der Waals surface area contributed by atoms with Gasteiger partial charge in [-0.2, -0.15) is 5.10 Å². The number of nitrogens with zero attached hydrogens (tertiary/aromatic N) is 5. The molecule has 1 unspecified atom stereocenters. The van der Waals surface area contributed by atoms with Gasteiger partial charge in [0.2, 0.25) is 0 Å². The third-order valence-electron chi connectivity index (χ3n) is 6.27. The number of nitrogen functional groups attached to an aromatic ring is 1. The molecule has 38 heavy (non-hydrogen) atoms. The molecule has 1 saturated heterocycles. The van der Waals surface area contributed by atoms with Gasteiger partial charge in [-0.15, -0.1) is 0 Å². The predicted molar refractivity (Wildman–Crippen MR) is 139 cm³/mol. The van der Waals surface area contributed by atoms with Crippen LogP contribution in [0.3, 0.4) is 0 Å². The number of hydrogen-bond donors (Lipinski definition) is 2. The molecule has 3 N–H and O–H groups in total. The lowest BCUT2D eigenvalue weighted by atomic mass is 10.2. The van der Waals surface area contributed by atoms with Gasteiger partial charge in [0, 0.05) is 24.4 Å². The maximum Gasteiger partial charge on any atom is 0.314 e. The van der Waals surface area contributed by atoms with Crippen LogP contribution in [0.15, 0.2) is 55.0 Å². The zero-order valence-electron chi connectivity index (χ0n) is 20.3. The number of ether oxygens (including phenoxy) is 1. The van der Waals surface area contributed by atoms with Crippen molar-refractivity contribution in [1.82, 2.24) is 24.6 Å². The normalized spacial score (nSPS) is 15.4. The lowest BCUT2D eigenvalue weighted by Crippen LogP contribution is -2.39. The molecule has 5 rings (SSSR count). The molecule has 4 heterocycles. The van der Waals surface area contributed by atoms with E-state index in [9.17, 15) is 14.0 Å². The van der Waals surface area contributed by atoms with Gasteiger partial charge < -0.3 is 20.7 Å². The van der Waals surface area contributed by atoms with Gasteiger partial charge in [0.25, 0.3) is 0 Å². The lowest BCUT2D eigenvalue weighted by Gasteiger charge is -2.24. The standard InChI is InChI=1S/C26H25ClFN7O3/c27-20-11-17(28)8-7-16(20)14-34(15-18-5-1-3-9-30-18)26(37)25(36)33-21-13-31-24(29)19-12-32-35(23(19)21)22-6-2-4-10-38-22/h1,3,5,7-9,11-13,22H,2,4,6,10,14-15H2,(H2,29,31)(H,33,36). The molecule has 0 spiro atoms. The number of aromatic nitrogens is 4. The van der Waals surface area contributed by atoms with Crippen molar-refractivity contribution in [2.45, 2.75) is 38.6 Å². The molecule has 1 fully saturated rings. The zero-order valence-corrected chi connectivity index (χ0v) is 21.1. The number of fused-ring (bicyclic) bond motifs is 1. The molecule has 0 radical (unpaired) electrons. The van der Waals surface area contributed by atoms with Crippen molar-refractivity contribution in [3.05, 3.63) is 77.1 Å². The Morgan fingerprint density at radius 2 is 2.05 bits per heavy atom. The third kappa shape index (κ3) is 5.43. The van der Waals surface area contributed by atoms with E-state index in [2.05, 4.69) is 20.4 Å². The molecular formula is C26H25ClFN7O3. The van der Waals surface area contributed by atoms with Crippen molar-refractivity contribution in [2.75, 3.05) is 17.7 Å². The summed E-state index contributed by atoms with van der Waals surface area (Å²) in [7, 11) is 0. The van der Waals surface area contributed by atoms with Crippen LogP contribution in [-0.2, 0) is 27.4 Å². The molecule has 12 heteroatoms. The van der Waals surface area contributed by atoms with Crippen molar-refractivity contribution in [2.24, 2.45) is 0 Å². The van der Waals surface area contributed by atoms with Crippen LogP contribution >= 0.6 is 11.6 Å². The minimum Gasteiger partial charge on any atom is -0.383 e. The first-order chi connectivity index (χ1) is 18.4. The van der Waals surface area contributed by atoms with Crippen molar-refractivity contribution in [3.63, 3.8) is 0 Å². The van der Waals surface area contributed by atoms with E-state index in [1.54, 1.807) is 35.3 Å². The van der Waals surface area contributed by atoms with E-state index in [1.165, 1.54) is 23.2 Å². The van der Waals surface area contributed by atoms with E-state index >= 15 is 0 Å². The Balaban J connectivity index is 1.44. The minimum absolute atomic E-state index is 0.0318. The first-order valence-electron chi connectivity index (χ1n) is 12.1. The van der Waals surface area contributed by atoms with E-state index < -0.39 is 17.6 Å². The number of rotatable bonds is 6. The van der Waals surface area contributed by atoms with Crippen LogP contribution in [0, 0.1) is 5.82 Å². The molecule has 0 aliphatic carbocycles. The molecule has 1 aliphatic heterocycles. The molecule has 10 nitrogen and oxygen atoms in total. The molecule has 1 aliphatic rings. The van der Waals surface area contributed by atoms with Crippen molar-refractivity contribution < 1.29 is 18.7 Å². The molecule has 1 aromatic carbocycles. The van der Waals surface area contributed by atoms with Crippen LogP contribution in [0.5, 0.6) is 0 Å². The highest BCUT2D eigenvalue weighted by Gasteiger charge is 2.27. The number of nitrogens with two attached hydrogens (primary N) is 1. The van der Waals surface area contributed by atoms with Gasteiger partial charge in [0.05, 0.1) is 35.7 Å². The lowest BCUT2D eigenvalue weighted by molar-refractivity contribution is -0.144. The van der Waals surface area contributed by atoms with Gasteiger partial charge in [-0.25, -0.2) is 14.1 Å². The number of nitrogens with one attached hydrogen (secondary N) is 1. The highest BCUT2D eigenvalue weighted by molar-refractivity contribution is 6.40. The summed E-state index contributed by atoms with van der Waals surface area (Å²) in [6.07, 6.45) is 6.91. The number of benzene rings is 1. The highest BCUT2D eigenvalue weighted by Crippen LogP contribution is 2.32. The van der Waals surface area contributed by atoms with Gasteiger partial charge in [0.1, 0.15) is 17.2 Å². The summed E-state index contributed by atoms with van der Waals surface area (Å²) in [6, 6.07) is 9.14. The van der Waals surface area contributed by atoms with Crippen LogP contribution in [0.1, 0.15) is 36.7 Å². The van der Waals surface area contributed by atoms with Crippen LogP contribution < -0.4 is 11.1 Å². The van der Waals surface area contributed by atoms with Crippen LogP contribution in [0.25, 0.3) is 10.9 Å². The van der Waals surface area contributed by atoms with E-state index in [-0.39, 0.29) is 35.8 Å². The number of carbonyl (C=O) groups excluding carboxylic acids is 2. The van der Waals surface area contributed by atoms with E-state index in [0.29, 0.717) is 28.8 Å². The second-order valence-electron chi connectivity index (χ2n) is 8.90. The second kappa shape index (κ2) is 11.1. The van der Waals surface area contributed by atoms with Crippen LogP contribution in [0.4, 0.5) is 15.9 Å². The number of amides is 2. The van der Waals surface area contributed by atoms with Gasteiger partial charge in [0.15, 0.2) is 6.23 Å². The molecule has 2 amide bonds. The van der Waals surface area contributed by atoms with E-state index in [1.807, 2.05) is 0 Å². The summed E-state index contributed by atoms with van der Waals surface area (Å²) >= 11 is 6.21. The number of halogens is 2. The van der Waals surface area contributed by atoms with Crippen molar-refractivity contribution in [3.8, 4) is 0 Å². The first kappa shape index (κ1) is 25.6. The van der Waals surface area contributed by atoms with Crippen LogP contribution in [-0.4, -0.2) is 43.1 Å². The maximum atomic E-state index is 13.6. The van der Waals surface area contributed by atoms with E-state index in [4.69, 9.17) is 22.1 Å². The summed E-state index contributed by atoms with van der Waals surface area (Å²) in [5.74, 6) is -1.99. The minimum atomic E-state index is -0.899. The SMILES string of the molecule is Nc1ncc(NC(=O)C(=O)N(Cc2ccccn2)Cc2ccc(F)cc2Cl)c2c1cnn2C1CCCCO1. The van der Waals surface area contributed by atoms with Crippen molar-refractivity contribution >= 4 is 45.8 Å². The Kier molecular flexibility index (Phi) is 7.47. The fourth-order valence-corrected chi connectivity index (χ4v) is 4.60. The fraction of sp³-hybridized carbons (Fsp3) is 0.269. The van der Waals surface area contributed by atoms with Gasteiger partial charge in [-0.3, -0.25) is 14.6 Å². The number of pyridine rings is 2. The maximum absolute atomic E-state index is 13.6. The summed E-state index contributed by atoms with van der Waals surface area (Å²) < 4.78 is 21.1. The number of hydrogen-bond acceptors (Lipinski definition) is 7. The van der Waals surface area contributed by atoms with Gasteiger partial charge in [-0.05, 0) is 49.1 Å². The molecule has 0 saturated carbocycles. The highest BCUT2D eigenvalue weighted by atomic mass is 35.5. The summed E-state index contributed by atoms with van der Waals surface area (Å²) in [5, 5.41) is 7.78. The van der Waals surface area contributed by atoms with E-state index in [0.717, 1.165) is 25.3 Å². The number of carbonyl (C=O) groups is 2. The van der Waals surface area contributed by atoms with Crippen LogP contribution in [0.2, 0.25) is 5.02 Å². The number of anilines is 2.